The van der Waals surface area contributed by atoms with E-state index in [1.165, 1.54) is 14.2 Å². The molecule has 0 atom stereocenters. The lowest BCUT2D eigenvalue weighted by Gasteiger charge is -2.14. The first kappa shape index (κ1) is 13.2. The molecule has 0 saturated carbocycles. The van der Waals surface area contributed by atoms with E-state index >= 15 is 0 Å². The van der Waals surface area contributed by atoms with Gasteiger partial charge in [-0.3, -0.25) is 4.79 Å². The van der Waals surface area contributed by atoms with Crippen molar-refractivity contribution in [3.05, 3.63) is 17.7 Å². The average Bonchev–Trinajstić information content (AvgIpc) is 2.38. The lowest BCUT2D eigenvalue weighted by Crippen LogP contribution is -2.18. The lowest BCUT2D eigenvalue weighted by atomic mass is 10.1. The Balaban J connectivity index is 3.28. The molecule has 94 valence electrons. The maximum absolute atomic E-state index is 11.6. The number of nitrogens with one attached hydrogen (secondary N) is 1. The third-order valence-electron chi connectivity index (χ3n) is 2.24. The summed E-state index contributed by atoms with van der Waals surface area (Å²) in [6, 6.07) is 3.23. The minimum atomic E-state index is -0.204. The van der Waals surface area contributed by atoms with Gasteiger partial charge in [0.05, 0.1) is 20.8 Å². The van der Waals surface area contributed by atoms with E-state index in [4.69, 9.17) is 14.2 Å². The Morgan fingerprint density at radius 1 is 1.24 bits per heavy atom. The second-order valence-electron chi connectivity index (χ2n) is 3.22. The van der Waals surface area contributed by atoms with Crippen LogP contribution in [0.1, 0.15) is 17.3 Å². The average molecular weight is 239 g/mol. The van der Waals surface area contributed by atoms with Crippen molar-refractivity contribution in [2.45, 2.75) is 6.92 Å². The molecule has 1 aromatic rings. The van der Waals surface area contributed by atoms with Crippen LogP contribution in [0.15, 0.2) is 12.1 Å². The summed E-state index contributed by atoms with van der Waals surface area (Å²) in [5, 5.41) is 2.54. The van der Waals surface area contributed by atoms with Crippen molar-refractivity contribution < 1.29 is 19.0 Å². The fraction of sp³-hybridized carbons (Fsp3) is 0.417. The molecule has 0 radical (unpaired) electrons. The van der Waals surface area contributed by atoms with Gasteiger partial charge in [0.25, 0.3) is 5.91 Å². The number of hydrogen-bond donors (Lipinski definition) is 1. The Hall–Kier alpha value is -1.91. The van der Waals surface area contributed by atoms with Crippen molar-refractivity contribution in [2.75, 3.05) is 27.9 Å². The first-order valence-electron chi connectivity index (χ1n) is 5.28. The van der Waals surface area contributed by atoms with Gasteiger partial charge in [-0.05, 0) is 19.1 Å². The molecule has 1 rings (SSSR count). The monoisotopic (exact) mass is 239 g/mol. The van der Waals surface area contributed by atoms with Gasteiger partial charge in [0.15, 0.2) is 11.5 Å². The van der Waals surface area contributed by atoms with Gasteiger partial charge in [0, 0.05) is 12.6 Å². The molecule has 0 aromatic heterocycles. The van der Waals surface area contributed by atoms with Crippen molar-refractivity contribution in [3.8, 4) is 17.2 Å². The molecule has 0 heterocycles. The van der Waals surface area contributed by atoms with Crippen LogP contribution in [0.4, 0.5) is 0 Å². The second-order valence-corrected chi connectivity index (χ2v) is 3.22. The summed E-state index contributed by atoms with van der Waals surface area (Å²) < 4.78 is 15.8. The second kappa shape index (κ2) is 5.98. The van der Waals surface area contributed by atoms with Crippen LogP contribution in [0.25, 0.3) is 0 Å². The predicted octanol–water partition coefficient (Wildman–Crippen LogP) is 1.46. The molecule has 5 nitrogen and oxygen atoms in total. The maximum atomic E-state index is 11.6. The fourth-order valence-corrected chi connectivity index (χ4v) is 1.44. The summed E-state index contributed by atoms with van der Waals surface area (Å²) in [6.07, 6.45) is 0. The number of methoxy groups -OCH3 is 2. The number of carbonyl (C=O) groups is 1. The quantitative estimate of drug-likeness (QED) is 0.845. The third-order valence-corrected chi connectivity index (χ3v) is 2.24. The Kier molecular flexibility index (Phi) is 4.63. The van der Waals surface area contributed by atoms with Crippen LogP contribution in [0, 0.1) is 0 Å². The molecule has 0 aliphatic carbocycles. The van der Waals surface area contributed by atoms with E-state index in [2.05, 4.69) is 5.32 Å². The normalized spacial score (nSPS) is 9.65. The summed E-state index contributed by atoms with van der Waals surface area (Å²) in [6.45, 7) is 2.36. The van der Waals surface area contributed by atoms with Crippen LogP contribution in [-0.4, -0.2) is 33.8 Å². The summed E-state index contributed by atoms with van der Waals surface area (Å²) >= 11 is 0. The van der Waals surface area contributed by atoms with E-state index in [9.17, 15) is 4.79 Å². The van der Waals surface area contributed by atoms with Gasteiger partial charge in [-0.15, -0.1) is 0 Å². The van der Waals surface area contributed by atoms with E-state index in [-0.39, 0.29) is 5.91 Å². The highest BCUT2D eigenvalue weighted by molar-refractivity contribution is 5.95. The molecule has 0 aliphatic rings. The van der Waals surface area contributed by atoms with Crippen LogP contribution < -0.4 is 19.5 Å². The standard InChI is InChI=1S/C12H17NO4/c1-5-17-11-9(15-3)6-8(12(14)13-2)7-10(11)16-4/h6-7H,5H2,1-4H3,(H,13,14). The molecule has 0 bridgehead atoms. The molecule has 1 N–H and O–H groups in total. The number of hydrogen-bond acceptors (Lipinski definition) is 4. The smallest absolute Gasteiger partial charge is 0.251 e. The van der Waals surface area contributed by atoms with Crippen molar-refractivity contribution in [3.63, 3.8) is 0 Å². The first-order valence-corrected chi connectivity index (χ1v) is 5.28. The number of benzene rings is 1. The highest BCUT2D eigenvalue weighted by Gasteiger charge is 2.16. The zero-order chi connectivity index (χ0) is 12.8. The van der Waals surface area contributed by atoms with Gasteiger partial charge in [0.1, 0.15) is 0 Å². The molecule has 1 aromatic carbocycles. The maximum Gasteiger partial charge on any atom is 0.251 e. The SMILES string of the molecule is CCOc1c(OC)cc(C(=O)NC)cc1OC. The Morgan fingerprint density at radius 2 is 1.76 bits per heavy atom. The highest BCUT2D eigenvalue weighted by atomic mass is 16.5. The molecular formula is C12H17NO4. The van der Waals surface area contributed by atoms with Crippen molar-refractivity contribution in [2.24, 2.45) is 0 Å². The van der Waals surface area contributed by atoms with Crippen LogP contribution in [0.5, 0.6) is 17.2 Å². The van der Waals surface area contributed by atoms with Crippen LogP contribution in [0.3, 0.4) is 0 Å². The van der Waals surface area contributed by atoms with Gasteiger partial charge >= 0.3 is 0 Å². The Labute approximate surface area is 101 Å². The predicted molar refractivity (Wildman–Crippen MR) is 64.1 cm³/mol. The van der Waals surface area contributed by atoms with Crippen molar-refractivity contribution >= 4 is 5.91 Å². The van der Waals surface area contributed by atoms with E-state index < -0.39 is 0 Å². The summed E-state index contributed by atoms with van der Waals surface area (Å²) in [4.78, 5) is 11.6. The van der Waals surface area contributed by atoms with E-state index in [1.807, 2.05) is 6.92 Å². The minimum Gasteiger partial charge on any atom is -0.493 e. The Morgan fingerprint density at radius 3 is 2.12 bits per heavy atom. The summed E-state index contributed by atoms with van der Waals surface area (Å²) in [5.41, 5.74) is 0.463. The molecule has 17 heavy (non-hydrogen) atoms. The van der Waals surface area contributed by atoms with Crippen LogP contribution in [-0.2, 0) is 0 Å². The Bertz CT molecular complexity index is 378. The number of ether oxygens (including phenoxy) is 3. The van der Waals surface area contributed by atoms with Crippen molar-refractivity contribution in [1.29, 1.82) is 0 Å². The number of carbonyl (C=O) groups excluding carboxylic acids is 1. The van der Waals surface area contributed by atoms with E-state index in [0.717, 1.165) is 0 Å². The highest BCUT2D eigenvalue weighted by Crippen LogP contribution is 2.38. The molecule has 1 amide bonds. The van der Waals surface area contributed by atoms with Crippen LogP contribution >= 0.6 is 0 Å². The summed E-state index contributed by atoms with van der Waals surface area (Å²) in [5.74, 6) is 1.25. The van der Waals surface area contributed by atoms with Gasteiger partial charge in [-0.2, -0.15) is 0 Å². The molecule has 0 saturated heterocycles. The summed E-state index contributed by atoms with van der Waals surface area (Å²) in [7, 11) is 4.60. The molecule has 0 spiro atoms. The van der Waals surface area contributed by atoms with Gasteiger partial charge in [0.2, 0.25) is 5.75 Å². The number of rotatable bonds is 5. The van der Waals surface area contributed by atoms with Gasteiger partial charge < -0.3 is 19.5 Å². The molecule has 5 heteroatoms. The molecule has 0 aliphatic heterocycles. The van der Waals surface area contributed by atoms with Crippen molar-refractivity contribution in [1.82, 2.24) is 5.32 Å². The van der Waals surface area contributed by atoms with Crippen LogP contribution in [0.2, 0.25) is 0 Å². The van der Waals surface area contributed by atoms with E-state index in [0.29, 0.717) is 29.4 Å². The minimum absolute atomic E-state index is 0.204. The molecule has 0 unspecified atom stereocenters. The number of amides is 1. The molecule has 0 fully saturated rings. The van der Waals surface area contributed by atoms with Gasteiger partial charge in [-0.1, -0.05) is 0 Å². The largest absolute Gasteiger partial charge is 0.493 e. The van der Waals surface area contributed by atoms with E-state index in [1.54, 1.807) is 19.2 Å². The van der Waals surface area contributed by atoms with Gasteiger partial charge in [-0.25, -0.2) is 0 Å². The topological polar surface area (TPSA) is 56.8 Å². The fourth-order valence-electron chi connectivity index (χ4n) is 1.44. The molecular weight excluding hydrogens is 222 g/mol. The zero-order valence-corrected chi connectivity index (χ0v) is 10.5. The zero-order valence-electron chi connectivity index (χ0n) is 10.5. The third kappa shape index (κ3) is 2.81. The first-order chi connectivity index (χ1) is 8.17. The lowest BCUT2D eigenvalue weighted by molar-refractivity contribution is 0.0962.